The molecule has 0 aliphatic carbocycles. The van der Waals surface area contributed by atoms with E-state index in [2.05, 4.69) is 47.0 Å². The summed E-state index contributed by atoms with van der Waals surface area (Å²) in [4.78, 5) is 9.39. The molecule has 1 aromatic heterocycles. The molecule has 5 heteroatoms. The van der Waals surface area contributed by atoms with Gasteiger partial charge in [0.05, 0.1) is 16.3 Å². The van der Waals surface area contributed by atoms with Crippen molar-refractivity contribution in [3.8, 4) is 0 Å². The van der Waals surface area contributed by atoms with Gasteiger partial charge in [0.1, 0.15) is 11.6 Å². The van der Waals surface area contributed by atoms with Gasteiger partial charge in [-0.05, 0) is 41.1 Å². The molecule has 0 radical (unpaired) electrons. The molecule has 1 N–H and O–H groups in total. The van der Waals surface area contributed by atoms with Crippen LogP contribution in [0.25, 0.3) is 0 Å². The van der Waals surface area contributed by atoms with Gasteiger partial charge in [0.15, 0.2) is 0 Å². The molecule has 1 aliphatic rings. The Kier molecular flexibility index (Phi) is 5.78. The van der Waals surface area contributed by atoms with Crippen LogP contribution in [0.2, 0.25) is 0 Å². The summed E-state index contributed by atoms with van der Waals surface area (Å²) >= 11 is 3.64. The maximum atomic E-state index is 5.70. The highest BCUT2D eigenvalue weighted by molar-refractivity contribution is 9.10. The summed E-state index contributed by atoms with van der Waals surface area (Å²) in [6.07, 6.45) is 4.45. The zero-order valence-electron chi connectivity index (χ0n) is 12.6. The third kappa shape index (κ3) is 3.92. The Morgan fingerprint density at radius 1 is 1.40 bits per heavy atom. The van der Waals surface area contributed by atoms with Gasteiger partial charge in [-0.2, -0.15) is 0 Å². The molecule has 1 fully saturated rings. The Balaban J connectivity index is 2.23. The molecule has 0 saturated carbocycles. The average Bonchev–Trinajstić information content (AvgIpc) is 2.91. The topological polar surface area (TPSA) is 47.0 Å². The number of hydrogen-bond donors (Lipinski definition) is 1. The van der Waals surface area contributed by atoms with Gasteiger partial charge in [-0.15, -0.1) is 0 Å². The summed E-state index contributed by atoms with van der Waals surface area (Å²) in [7, 11) is 0. The molecule has 1 unspecified atom stereocenters. The summed E-state index contributed by atoms with van der Waals surface area (Å²) < 4.78 is 6.69. The van der Waals surface area contributed by atoms with Crippen molar-refractivity contribution in [2.75, 3.05) is 18.5 Å². The molecular formula is C15H24BrN3O. The summed E-state index contributed by atoms with van der Waals surface area (Å²) in [6, 6.07) is 0. The second-order valence-corrected chi connectivity index (χ2v) is 6.40. The Morgan fingerprint density at radius 2 is 2.20 bits per heavy atom. The highest BCUT2D eigenvalue weighted by atomic mass is 79.9. The second kappa shape index (κ2) is 7.36. The van der Waals surface area contributed by atoms with Crippen molar-refractivity contribution < 1.29 is 4.74 Å². The van der Waals surface area contributed by atoms with Crippen LogP contribution in [0.3, 0.4) is 0 Å². The first-order chi connectivity index (χ1) is 9.61. The first kappa shape index (κ1) is 15.7. The number of nitrogens with one attached hydrogen (secondary N) is 1. The van der Waals surface area contributed by atoms with Crippen molar-refractivity contribution >= 4 is 21.7 Å². The molecule has 4 nitrogen and oxygen atoms in total. The molecular weight excluding hydrogens is 318 g/mol. The van der Waals surface area contributed by atoms with Crippen LogP contribution in [0.1, 0.15) is 57.5 Å². The van der Waals surface area contributed by atoms with E-state index in [-0.39, 0.29) is 6.10 Å². The minimum Gasteiger partial charge on any atom is -0.378 e. The molecule has 20 heavy (non-hydrogen) atoms. The number of ether oxygens (including phenoxy) is 1. The standard InChI is InChI=1S/C15H24BrN3O/c1-4-7-17-15-13(16)14(10(2)3)18-12(19-15)9-11-6-5-8-20-11/h10-11H,4-9H2,1-3H3,(H,17,18,19). The number of anilines is 1. The highest BCUT2D eigenvalue weighted by Crippen LogP contribution is 2.29. The molecule has 1 saturated heterocycles. The van der Waals surface area contributed by atoms with Gasteiger partial charge in [-0.3, -0.25) is 0 Å². The predicted molar refractivity (Wildman–Crippen MR) is 85.3 cm³/mol. The van der Waals surface area contributed by atoms with Crippen molar-refractivity contribution in [1.29, 1.82) is 0 Å². The fourth-order valence-corrected chi connectivity index (χ4v) is 3.13. The third-order valence-electron chi connectivity index (χ3n) is 3.45. The molecule has 112 valence electrons. The lowest BCUT2D eigenvalue weighted by atomic mass is 10.1. The summed E-state index contributed by atoms with van der Waals surface area (Å²) in [5.41, 5.74) is 1.08. The highest BCUT2D eigenvalue weighted by Gasteiger charge is 2.20. The largest absolute Gasteiger partial charge is 0.378 e. The first-order valence-corrected chi connectivity index (χ1v) is 8.32. The van der Waals surface area contributed by atoms with Crippen molar-refractivity contribution in [3.05, 3.63) is 16.0 Å². The van der Waals surface area contributed by atoms with Crippen LogP contribution in [0, 0.1) is 0 Å². The fourth-order valence-electron chi connectivity index (χ4n) is 2.36. The maximum absolute atomic E-state index is 5.70. The monoisotopic (exact) mass is 341 g/mol. The van der Waals surface area contributed by atoms with Crippen molar-refractivity contribution in [1.82, 2.24) is 9.97 Å². The van der Waals surface area contributed by atoms with E-state index < -0.39 is 0 Å². The zero-order chi connectivity index (χ0) is 14.5. The van der Waals surface area contributed by atoms with Gasteiger partial charge in [0, 0.05) is 19.6 Å². The molecule has 0 aromatic carbocycles. The number of rotatable bonds is 6. The van der Waals surface area contributed by atoms with Crippen molar-refractivity contribution in [3.63, 3.8) is 0 Å². The number of hydrogen-bond acceptors (Lipinski definition) is 4. The lowest BCUT2D eigenvalue weighted by Crippen LogP contribution is -2.15. The average molecular weight is 342 g/mol. The number of nitrogens with zero attached hydrogens (tertiary/aromatic N) is 2. The van der Waals surface area contributed by atoms with E-state index in [0.717, 1.165) is 60.6 Å². The molecule has 2 heterocycles. The zero-order valence-corrected chi connectivity index (χ0v) is 14.2. The van der Waals surface area contributed by atoms with Crippen LogP contribution in [0.5, 0.6) is 0 Å². The van der Waals surface area contributed by atoms with Gasteiger partial charge in [0.2, 0.25) is 0 Å². The van der Waals surface area contributed by atoms with Crippen LogP contribution in [0.4, 0.5) is 5.82 Å². The minimum atomic E-state index is 0.287. The molecule has 1 aliphatic heterocycles. The maximum Gasteiger partial charge on any atom is 0.144 e. The molecule has 0 bridgehead atoms. The van der Waals surface area contributed by atoms with Gasteiger partial charge < -0.3 is 10.1 Å². The predicted octanol–water partition coefficient (Wildman–Crippen LogP) is 3.91. The summed E-state index contributed by atoms with van der Waals surface area (Å²) in [5, 5.41) is 3.38. The van der Waals surface area contributed by atoms with E-state index in [4.69, 9.17) is 9.72 Å². The molecule has 0 amide bonds. The van der Waals surface area contributed by atoms with Crippen LogP contribution in [0.15, 0.2) is 4.47 Å². The summed E-state index contributed by atoms with van der Waals surface area (Å²) in [5.74, 6) is 2.18. The Hall–Kier alpha value is -0.680. The Labute approximate surface area is 129 Å². The van der Waals surface area contributed by atoms with Crippen LogP contribution in [-0.4, -0.2) is 29.2 Å². The molecule has 1 atom stereocenters. The summed E-state index contributed by atoms with van der Waals surface area (Å²) in [6.45, 7) is 8.27. The lowest BCUT2D eigenvalue weighted by molar-refractivity contribution is 0.110. The number of aromatic nitrogens is 2. The van der Waals surface area contributed by atoms with Crippen LogP contribution >= 0.6 is 15.9 Å². The van der Waals surface area contributed by atoms with Gasteiger partial charge in [0.25, 0.3) is 0 Å². The third-order valence-corrected chi connectivity index (χ3v) is 4.23. The first-order valence-electron chi connectivity index (χ1n) is 7.53. The fraction of sp³-hybridized carbons (Fsp3) is 0.733. The smallest absolute Gasteiger partial charge is 0.144 e. The van der Waals surface area contributed by atoms with Crippen LogP contribution < -0.4 is 5.32 Å². The number of halogens is 1. The van der Waals surface area contributed by atoms with E-state index in [1.807, 2.05) is 0 Å². The van der Waals surface area contributed by atoms with Gasteiger partial charge >= 0.3 is 0 Å². The van der Waals surface area contributed by atoms with Gasteiger partial charge in [-0.1, -0.05) is 20.8 Å². The lowest BCUT2D eigenvalue weighted by Gasteiger charge is -2.16. The van der Waals surface area contributed by atoms with E-state index in [1.165, 1.54) is 0 Å². The second-order valence-electron chi connectivity index (χ2n) is 5.61. The van der Waals surface area contributed by atoms with Gasteiger partial charge in [-0.25, -0.2) is 9.97 Å². The normalized spacial score (nSPS) is 18.8. The Bertz CT molecular complexity index is 445. The Morgan fingerprint density at radius 3 is 2.80 bits per heavy atom. The van der Waals surface area contributed by atoms with E-state index in [1.54, 1.807) is 0 Å². The van der Waals surface area contributed by atoms with E-state index in [0.29, 0.717) is 5.92 Å². The minimum absolute atomic E-state index is 0.287. The molecule has 2 rings (SSSR count). The van der Waals surface area contributed by atoms with Crippen LogP contribution in [-0.2, 0) is 11.2 Å². The van der Waals surface area contributed by atoms with Crippen molar-refractivity contribution in [2.45, 2.75) is 58.5 Å². The molecule has 1 aromatic rings. The SMILES string of the molecule is CCCNc1nc(CC2CCCO2)nc(C(C)C)c1Br. The quantitative estimate of drug-likeness (QED) is 0.852. The van der Waals surface area contributed by atoms with E-state index >= 15 is 0 Å². The van der Waals surface area contributed by atoms with E-state index in [9.17, 15) is 0 Å². The molecule has 0 spiro atoms. The van der Waals surface area contributed by atoms with Crippen molar-refractivity contribution in [2.24, 2.45) is 0 Å².